The number of hydrogen-bond donors (Lipinski definition) is 0. The third kappa shape index (κ3) is 30.9. The van der Waals surface area contributed by atoms with Gasteiger partial charge in [-0.2, -0.15) is 0 Å². The van der Waals surface area contributed by atoms with Gasteiger partial charge in [0, 0.05) is 19.7 Å². The SMILES string of the molecule is Cc1ccc(C2=CCC(C)CC2)c(Cl)c1F.Cc1ccc(C2=CCC(C3CCC(C)CC3)CC2)c(Cl)c1F.Cc1ccc(C2=CCC(C3CCC(C)CC3)CC2)c(F)c1Cl.Cc1ccc(C2=CCC(C3CCC(C)CC3)CC2)c(F)c1F.Cc1ccc(C2CCC(C3=CCC(C)CC3)CC2)c(F)c1Cl.Cc1ccc(C2CCC(C3=CCC(C)CC3)CC2)c(F)c1F.Cc1ccc(CCC2CCC(C)CC2)c(F)c1F.[HH].[HH].[HH].[HH].[HH].[HH]. The van der Waals surface area contributed by atoms with Crippen molar-refractivity contribution in [3.8, 4) is 0 Å². The highest BCUT2D eigenvalue weighted by Gasteiger charge is 2.36. The lowest BCUT2D eigenvalue weighted by Gasteiger charge is -2.34. The van der Waals surface area contributed by atoms with Crippen LogP contribution in [0.3, 0.4) is 0 Å². The lowest BCUT2D eigenvalue weighted by atomic mass is 9.71. The van der Waals surface area contributed by atoms with Gasteiger partial charge in [-0.25, -0.2) is 43.9 Å². The van der Waals surface area contributed by atoms with E-state index in [4.69, 9.17) is 46.4 Å². The van der Waals surface area contributed by atoms with Gasteiger partial charge < -0.3 is 0 Å². The zero-order chi connectivity index (χ0) is 103. The van der Waals surface area contributed by atoms with Crippen molar-refractivity contribution in [2.75, 3.05) is 0 Å². The molecule has 0 N–H and O–H groups in total. The second kappa shape index (κ2) is 54.9. The van der Waals surface area contributed by atoms with Crippen LogP contribution in [-0.4, -0.2) is 0 Å². The van der Waals surface area contributed by atoms with E-state index in [1.165, 1.54) is 178 Å². The van der Waals surface area contributed by atoms with Gasteiger partial charge in [0.25, 0.3) is 0 Å². The Kier molecular flexibility index (Phi) is 43.7. The van der Waals surface area contributed by atoms with Crippen LogP contribution in [0.5, 0.6) is 0 Å². The molecule has 14 heteroatoms. The molecule has 12 aliphatic rings. The molecule has 0 aliphatic heterocycles. The van der Waals surface area contributed by atoms with Crippen LogP contribution in [0, 0.1) is 201 Å². The van der Waals surface area contributed by atoms with Crippen molar-refractivity contribution >= 4 is 68.7 Å². The Balaban J connectivity index is 0.000000236. The fourth-order valence-electron chi connectivity index (χ4n) is 25.7. The second-order valence-electron chi connectivity index (χ2n) is 47.1. The predicted molar refractivity (Wildman–Crippen MR) is 602 cm³/mol. The third-order valence-corrected chi connectivity index (χ3v) is 38.1. The van der Waals surface area contributed by atoms with Gasteiger partial charge in [-0.05, 0) is 462 Å². The van der Waals surface area contributed by atoms with E-state index in [0.29, 0.717) is 84.3 Å². The van der Waals surface area contributed by atoms with E-state index < -0.39 is 34.9 Å². The Morgan fingerprint density at radius 3 is 0.889 bits per heavy atom. The second-order valence-corrected chi connectivity index (χ2v) is 48.7. The van der Waals surface area contributed by atoms with Gasteiger partial charge in [-0.1, -0.05) is 292 Å². The lowest BCUT2D eigenvalue weighted by Crippen LogP contribution is -2.22. The summed E-state index contributed by atoms with van der Waals surface area (Å²) in [5.41, 5.74) is 16.9. The molecule has 19 rings (SSSR count). The highest BCUT2D eigenvalue weighted by molar-refractivity contribution is 6.33. The monoisotopic (exact) mass is 2070 g/mol. The van der Waals surface area contributed by atoms with Crippen molar-refractivity contribution < 1.29 is 52.5 Å². The maximum Gasteiger partial charge on any atom is 0.166 e. The molecule has 0 amide bonds. The van der Waals surface area contributed by atoms with Gasteiger partial charge in [0.1, 0.15) is 23.3 Å². The summed E-state index contributed by atoms with van der Waals surface area (Å²) in [6.07, 6.45) is 66.6. The van der Waals surface area contributed by atoms with Gasteiger partial charge in [0.15, 0.2) is 34.9 Å². The summed E-state index contributed by atoms with van der Waals surface area (Å²) in [4.78, 5) is 0. The van der Waals surface area contributed by atoms with Crippen molar-refractivity contribution in [3.63, 3.8) is 0 Å². The lowest BCUT2D eigenvalue weighted by molar-refractivity contribution is 0.202. The molecule has 6 unspecified atom stereocenters. The summed E-state index contributed by atoms with van der Waals surface area (Å²) in [5.74, 6) is 8.71. The van der Waals surface area contributed by atoms with E-state index >= 15 is 0 Å². The van der Waals surface area contributed by atoms with Crippen LogP contribution in [0.1, 0.15) is 423 Å². The molecule has 6 saturated carbocycles. The summed E-state index contributed by atoms with van der Waals surface area (Å²) >= 11 is 24.4. The van der Waals surface area contributed by atoms with Gasteiger partial charge in [0.2, 0.25) is 0 Å². The summed E-state index contributed by atoms with van der Waals surface area (Å²) in [7, 11) is 0. The first-order valence-electron chi connectivity index (χ1n) is 56.2. The van der Waals surface area contributed by atoms with E-state index in [9.17, 15) is 43.9 Å². The van der Waals surface area contributed by atoms with E-state index in [1.807, 2.05) is 56.3 Å². The Labute approximate surface area is 889 Å². The molecule has 12 aliphatic carbocycles. The molecule has 144 heavy (non-hydrogen) atoms. The molecular formula is C130H180Cl4F10. The Morgan fingerprint density at radius 1 is 0.222 bits per heavy atom. The first kappa shape index (κ1) is 115. The normalized spacial score (nSPS) is 27.7. The average molecular weight is 2070 g/mol. The smallest absolute Gasteiger partial charge is 0.166 e. The molecule has 0 aromatic heterocycles. The molecular weight excluding hydrogens is 1890 g/mol. The van der Waals surface area contributed by atoms with Crippen LogP contribution in [0.15, 0.2) is 133 Å². The molecule has 6 fully saturated rings. The molecule has 7 aromatic carbocycles. The number of allylic oxidation sites excluding steroid dienone is 12. The molecule has 0 nitrogen and oxygen atoms in total. The van der Waals surface area contributed by atoms with E-state index in [-0.39, 0.29) is 47.8 Å². The highest BCUT2D eigenvalue weighted by Crippen LogP contribution is 2.51. The number of hydrogen-bond acceptors (Lipinski definition) is 0. The minimum Gasteiger partial charge on any atom is -0.205 e. The molecule has 6 atom stereocenters. The van der Waals surface area contributed by atoms with Crippen molar-refractivity contribution in [1.82, 2.24) is 0 Å². The van der Waals surface area contributed by atoms with Gasteiger partial charge in [-0.3, -0.25) is 0 Å². The Morgan fingerprint density at radius 2 is 0.514 bits per heavy atom. The van der Waals surface area contributed by atoms with Gasteiger partial charge >= 0.3 is 0 Å². The van der Waals surface area contributed by atoms with Crippen LogP contribution in [0.25, 0.3) is 22.3 Å². The van der Waals surface area contributed by atoms with Crippen LogP contribution in [0.2, 0.25) is 20.1 Å². The van der Waals surface area contributed by atoms with Gasteiger partial charge in [-0.15, -0.1) is 0 Å². The summed E-state index contributed by atoms with van der Waals surface area (Å²) in [5, 5.41) is 1.17. The molecule has 0 saturated heterocycles. The van der Waals surface area contributed by atoms with Crippen molar-refractivity contribution in [2.24, 2.45) is 94.7 Å². The zero-order valence-electron chi connectivity index (χ0n) is 89.3. The number of rotatable bonds is 14. The van der Waals surface area contributed by atoms with Crippen LogP contribution < -0.4 is 0 Å². The van der Waals surface area contributed by atoms with E-state index in [2.05, 4.69) is 84.9 Å². The van der Waals surface area contributed by atoms with Crippen LogP contribution >= 0.6 is 46.4 Å². The number of aryl methyl sites for hydroxylation is 8. The maximum absolute atomic E-state index is 14.4. The fraction of sp³-hybridized carbons (Fsp3) is 0.585. The minimum atomic E-state index is -0.693. The molecule has 798 valence electrons. The van der Waals surface area contributed by atoms with E-state index in [1.54, 1.807) is 88.2 Å². The third-order valence-electron chi connectivity index (χ3n) is 36.4. The molecule has 0 radical (unpaired) electrons. The first-order chi connectivity index (χ1) is 69.0. The minimum absolute atomic E-state index is 0. The summed E-state index contributed by atoms with van der Waals surface area (Å²) in [6, 6.07) is 25.6. The molecule has 0 bridgehead atoms. The molecule has 0 spiro atoms. The summed E-state index contributed by atoms with van der Waals surface area (Å²) in [6.45, 7) is 28.3. The number of halogens is 14. The molecule has 7 aromatic rings. The zero-order valence-corrected chi connectivity index (χ0v) is 92.4. The largest absolute Gasteiger partial charge is 0.205 e. The molecule has 0 heterocycles. The number of benzene rings is 7. The average Bonchev–Trinajstić information content (AvgIpc) is 0.820. The Hall–Kier alpha value is -6.56. The van der Waals surface area contributed by atoms with Crippen LogP contribution in [0.4, 0.5) is 43.9 Å². The van der Waals surface area contributed by atoms with Crippen molar-refractivity contribution in [1.29, 1.82) is 0 Å². The summed E-state index contributed by atoms with van der Waals surface area (Å²) < 4.78 is 139. The quantitative estimate of drug-likeness (QED) is 0.0752. The first-order valence-corrected chi connectivity index (χ1v) is 57.7. The topological polar surface area (TPSA) is 0 Å². The Bertz CT molecular complexity index is 5270. The highest BCUT2D eigenvalue weighted by atomic mass is 35.5. The predicted octanol–water partition coefficient (Wildman–Crippen LogP) is 44.5. The van der Waals surface area contributed by atoms with Crippen LogP contribution in [-0.2, 0) is 6.42 Å². The van der Waals surface area contributed by atoms with Gasteiger partial charge in [0.05, 0.1) is 20.1 Å². The van der Waals surface area contributed by atoms with E-state index in [0.717, 1.165) is 231 Å². The fourth-order valence-corrected chi connectivity index (χ4v) is 26.7. The van der Waals surface area contributed by atoms with Crippen molar-refractivity contribution in [2.45, 2.75) is 391 Å². The standard InChI is InChI=1S/3C20H26ClF.2C20H26F2.C16H22F2.C14H16ClF.6H2/c1-13-3-6-15(7-4-13)16-8-10-17(11-9-16)18-12-5-14(2)20(22)19(18)21;4*1-13-3-6-15(7-4-13)16-8-10-17(11-9-16)18-12-5-14(2)19(21)20(18)22;1-11-3-6-13(7-4-11)8-10-14-9-5-12(2)15(17)16(14)18;1-9-3-6-11(7-4-9)12-8-5-10(2)14(16)13(12)15;;;;;;/h2*5,10,12-13,15-16H,3-4,6-9,11H2,1-2H3;5-6,12-13,16-17H,3-4,7-11H2,1-2H3;5,10,12-13,15-16H,3-4,6-9,11H2,1-2H3;5-6,12-13,16-17H,3-4,7-11H2,1-2H3;5,9,11,13H,3-4,6-8,10H2,1-2H3;5-6,8-9H,3-4,7H2,1-2H3;6*1H. The maximum atomic E-state index is 14.4. The van der Waals surface area contributed by atoms with Crippen molar-refractivity contribution in [3.05, 3.63) is 289 Å².